The lowest BCUT2D eigenvalue weighted by molar-refractivity contribution is -0.136. The fourth-order valence-electron chi connectivity index (χ4n) is 1.78. The van der Waals surface area contributed by atoms with Crippen molar-refractivity contribution in [3.63, 3.8) is 0 Å². The van der Waals surface area contributed by atoms with Crippen LogP contribution in [0.25, 0.3) is 0 Å². The SMILES string of the molecule is CC(SC1CC(c2ccc(Cl)c(Br)c2)=NNC1=O)C(=O)O. The number of hydrogen-bond acceptors (Lipinski definition) is 4. The molecule has 0 aliphatic carbocycles. The molecule has 0 radical (unpaired) electrons. The Bertz CT molecular complexity index is 623. The van der Waals surface area contributed by atoms with Gasteiger partial charge in [0, 0.05) is 10.9 Å². The van der Waals surface area contributed by atoms with Gasteiger partial charge in [-0.15, -0.1) is 11.8 Å². The van der Waals surface area contributed by atoms with E-state index in [0.29, 0.717) is 17.2 Å². The number of nitrogens with one attached hydrogen (secondary N) is 1. The Morgan fingerprint density at radius 1 is 1.62 bits per heavy atom. The second-order valence-electron chi connectivity index (χ2n) is 4.47. The van der Waals surface area contributed by atoms with Gasteiger partial charge in [0.2, 0.25) is 0 Å². The van der Waals surface area contributed by atoms with Crippen LogP contribution in [-0.4, -0.2) is 33.2 Å². The molecule has 2 rings (SSSR count). The first-order valence-corrected chi connectivity index (χ1v) is 8.20. The second-order valence-corrected chi connectivity index (χ2v) is 7.28. The summed E-state index contributed by atoms with van der Waals surface area (Å²) in [6, 6.07) is 5.37. The predicted molar refractivity (Wildman–Crippen MR) is 86.9 cm³/mol. The van der Waals surface area contributed by atoms with Crippen LogP contribution in [0, 0.1) is 0 Å². The number of thioether (sulfide) groups is 1. The number of carbonyl (C=O) groups excluding carboxylic acids is 1. The molecule has 0 aromatic heterocycles. The third kappa shape index (κ3) is 3.99. The number of halogens is 2. The molecule has 0 bridgehead atoms. The van der Waals surface area contributed by atoms with E-state index >= 15 is 0 Å². The van der Waals surface area contributed by atoms with Crippen LogP contribution in [-0.2, 0) is 9.59 Å². The van der Waals surface area contributed by atoms with Crippen molar-refractivity contribution < 1.29 is 14.7 Å². The minimum atomic E-state index is -0.939. The van der Waals surface area contributed by atoms with E-state index in [1.54, 1.807) is 13.0 Å². The highest BCUT2D eigenvalue weighted by Gasteiger charge is 2.29. The van der Waals surface area contributed by atoms with Crippen molar-refractivity contribution in [2.75, 3.05) is 0 Å². The molecule has 2 atom stereocenters. The molecule has 112 valence electrons. The van der Waals surface area contributed by atoms with Gasteiger partial charge in [-0.05, 0) is 40.5 Å². The average molecular weight is 392 g/mol. The van der Waals surface area contributed by atoms with Crippen molar-refractivity contribution in [1.82, 2.24) is 5.43 Å². The van der Waals surface area contributed by atoms with Gasteiger partial charge in [0.1, 0.15) is 5.25 Å². The van der Waals surface area contributed by atoms with Gasteiger partial charge >= 0.3 is 5.97 Å². The maximum absolute atomic E-state index is 11.8. The zero-order chi connectivity index (χ0) is 15.6. The minimum Gasteiger partial charge on any atom is -0.480 e. The third-order valence-corrected chi connectivity index (χ3v) is 5.47. The highest BCUT2D eigenvalue weighted by atomic mass is 79.9. The normalized spacial score (nSPS) is 19.7. The van der Waals surface area contributed by atoms with E-state index in [4.69, 9.17) is 16.7 Å². The minimum absolute atomic E-state index is 0.273. The van der Waals surface area contributed by atoms with Crippen LogP contribution in [0.5, 0.6) is 0 Å². The van der Waals surface area contributed by atoms with Crippen LogP contribution in [0.2, 0.25) is 5.02 Å². The second kappa shape index (κ2) is 6.81. The van der Waals surface area contributed by atoms with Gasteiger partial charge in [0.25, 0.3) is 5.91 Å². The first-order chi connectivity index (χ1) is 9.88. The molecule has 1 heterocycles. The Morgan fingerprint density at radius 3 is 2.95 bits per heavy atom. The topological polar surface area (TPSA) is 78.8 Å². The third-order valence-electron chi connectivity index (χ3n) is 2.94. The molecule has 1 amide bonds. The molecule has 0 saturated heterocycles. The maximum Gasteiger partial charge on any atom is 0.316 e. The van der Waals surface area contributed by atoms with Gasteiger partial charge in [-0.2, -0.15) is 5.10 Å². The van der Waals surface area contributed by atoms with Crippen LogP contribution < -0.4 is 5.43 Å². The van der Waals surface area contributed by atoms with E-state index in [-0.39, 0.29) is 5.91 Å². The van der Waals surface area contributed by atoms with Gasteiger partial charge in [-0.1, -0.05) is 17.7 Å². The lowest BCUT2D eigenvalue weighted by Gasteiger charge is -2.22. The molecule has 0 spiro atoms. The Labute approximate surface area is 139 Å². The van der Waals surface area contributed by atoms with Gasteiger partial charge in [-0.3, -0.25) is 9.59 Å². The molecule has 5 nitrogen and oxygen atoms in total. The molecule has 21 heavy (non-hydrogen) atoms. The number of benzene rings is 1. The summed E-state index contributed by atoms with van der Waals surface area (Å²) in [4.78, 5) is 22.7. The summed E-state index contributed by atoms with van der Waals surface area (Å²) in [5.74, 6) is -1.21. The van der Waals surface area contributed by atoms with Gasteiger partial charge in [-0.25, -0.2) is 5.43 Å². The standard InChI is InChI=1S/C13H12BrClN2O3S/c1-6(13(19)20)21-11-5-10(16-17-12(11)18)7-2-3-9(15)8(14)4-7/h2-4,6,11H,5H2,1H3,(H,17,18)(H,19,20). The first kappa shape index (κ1) is 16.3. The summed E-state index contributed by atoms with van der Waals surface area (Å²) in [7, 11) is 0. The summed E-state index contributed by atoms with van der Waals surface area (Å²) in [5.41, 5.74) is 3.98. The highest BCUT2D eigenvalue weighted by molar-refractivity contribution is 9.10. The highest BCUT2D eigenvalue weighted by Crippen LogP contribution is 2.28. The van der Waals surface area contributed by atoms with E-state index in [9.17, 15) is 9.59 Å². The molecule has 1 aliphatic heterocycles. The number of carboxylic acid groups (broad SMARTS) is 1. The quantitative estimate of drug-likeness (QED) is 0.827. The van der Waals surface area contributed by atoms with Crippen LogP contribution in [0.15, 0.2) is 27.8 Å². The van der Waals surface area contributed by atoms with E-state index in [0.717, 1.165) is 21.8 Å². The molecule has 0 saturated carbocycles. The largest absolute Gasteiger partial charge is 0.480 e. The van der Waals surface area contributed by atoms with Crippen molar-refractivity contribution in [2.24, 2.45) is 5.10 Å². The van der Waals surface area contributed by atoms with Gasteiger partial charge in [0.15, 0.2) is 0 Å². The van der Waals surface area contributed by atoms with Crippen LogP contribution in [0.3, 0.4) is 0 Å². The number of nitrogens with zero attached hydrogens (tertiary/aromatic N) is 1. The smallest absolute Gasteiger partial charge is 0.316 e. The van der Waals surface area contributed by atoms with E-state index in [1.165, 1.54) is 0 Å². The number of amides is 1. The molecule has 1 aliphatic rings. The summed E-state index contributed by atoms with van der Waals surface area (Å²) in [5, 5.41) is 12.4. The molecule has 0 fully saturated rings. The van der Waals surface area contributed by atoms with Crippen molar-refractivity contribution in [1.29, 1.82) is 0 Å². The fraction of sp³-hybridized carbons (Fsp3) is 0.308. The Kier molecular flexibility index (Phi) is 5.29. The number of hydrazone groups is 1. The lowest BCUT2D eigenvalue weighted by Crippen LogP contribution is -2.38. The van der Waals surface area contributed by atoms with Crippen molar-refractivity contribution >= 4 is 56.9 Å². The fourth-order valence-corrected chi connectivity index (χ4v) is 3.32. The summed E-state index contributed by atoms with van der Waals surface area (Å²) in [6.07, 6.45) is 0.377. The van der Waals surface area contributed by atoms with E-state index in [1.807, 2.05) is 12.1 Å². The molecule has 8 heteroatoms. The van der Waals surface area contributed by atoms with Crippen LogP contribution in [0.4, 0.5) is 0 Å². The summed E-state index contributed by atoms with van der Waals surface area (Å²) >= 11 is 10.4. The Balaban J connectivity index is 2.17. The zero-order valence-corrected chi connectivity index (χ0v) is 14.1. The number of rotatable bonds is 4. The van der Waals surface area contributed by atoms with Gasteiger partial charge < -0.3 is 5.11 Å². The number of aliphatic carboxylic acids is 1. The summed E-state index contributed by atoms with van der Waals surface area (Å²) < 4.78 is 0.740. The first-order valence-electron chi connectivity index (χ1n) is 6.08. The van der Waals surface area contributed by atoms with E-state index in [2.05, 4.69) is 26.5 Å². The Morgan fingerprint density at radius 2 is 2.33 bits per heavy atom. The van der Waals surface area contributed by atoms with Crippen molar-refractivity contribution in [3.8, 4) is 0 Å². The van der Waals surface area contributed by atoms with Crippen LogP contribution >= 0.6 is 39.3 Å². The maximum atomic E-state index is 11.8. The molecular formula is C13H12BrClN2O3S. The molecule has 2 unspecified atom stereocenters. The Hall–Kier alpha value is -1.05. The lowest BCUT2D eigenvalue weighted by atomic mass is 10.0. The van der Waals surface area contributed by atoms with Crippen LogP contribution in [0.1, 0.15) is 18.9 Å². The molecule has 1 aromatic rings. The number of carbonyl (C=O) groups is 2. The molecular weight excluding hydrogens is 380 g/mol. The number of carboxylic acids is 1. The predicted octanol–water partition coefficient (Wildman–Crippen LogP) is 2.90. The number of hydrogen-bond donors (Lipinski definition) is 2. The average Bonchev–Trinajstić information content (AvgIpc) is 2.44. The van der Waals surface area contributed by atoms with Crippen molar-refractivity contribution in [2.45, 2.75) is 23.8 Å². The van der Waals surface area contributed by atoms with E-state index < -0.39 is 16.5 Å². The summed E-state index contributed by atoms with van der Waals surface area (Å²) in [6.45, 7) is 1.56. The van der Waals surface area contributed by atoms with Gasteiger partial charge in [0.05, 0.1) is 16.0 Å². The molecule has 2 N–H and O–H groups in total. The monoisotopic (exact) mass is 390 g/mol. The zero-order valence-electron chi connectivity index (χ0n) is 11.0. The van der Waals surface area contributed by atoms with Crippen molar-refractivity contribution in [3.05, 3.63) is 33.3 Å². The molecule has 1 aromatic carbocycles.